The van der Waals surface area contributed by atoms with E-state index in [4.69, 9.17) is 18.9 Å². The Bertz CT molecular complexity index is 1330. The van der Waals surface area contributed by atoms with Crippen LogP contribution in [0.15, 0.2) is 30.6 Å². The number of benzene rings is 1. The molecular formula is C26H36N6O6S. The summed E-state index contributed by atoms with van der Waals surface area (Å²) in [6.45, 7) is 7.64. The maximum absolute atomic E-state index is 13.8. The molecule has 4 rings (SSSR count). The van der Waals surface area contributed by atoms with E-state index in [2.05, 4.69) is 24.9 Å². The van der Waals surface area contributed by atoms with E-state index in [9.17, 15) is 8.42 Å². The van der Waals surface area contributed by atoms with Gasteiger partial charge in [-0.15, -0.1) is 10.2 Å². The molecule has 3 heterocycles. The molecule has 0 amide bonds. The van der Waals surface area contributed by atoms with Crippen molar-refractivity contribution < 1.29 is 27.4 Å². The lowest BCUT2D eigenvalue weighted by Gasteiger charge is -2.26. The molecule has 1 aromatic carbocycles. The Hall–Kier alpha value is -3.29. The van der Waals surface area contributed by atoms with Crippen LogP contribution in [0.1, 0.15) is 69.5 Å². The van der Waals surface area contributed by atoms with Crippen LogP contribution in [0.2, 0.25) is 0 Å². The molecule has 1 saturated heterocycles. The van der Waals surface area contributed by atoms with E-state index in [0.29, 0.717) is 36.0 Å². The SMILES string of the molecule is COc1cccc(OC)c1-n1c(NS(=O)(=O)[C@@H](C)[C@@H](OC(C)C)c2ncc(C)cn2)nnc1[C@H]1CCCCO1. The molecule has 3 atom stereocenters. The van der Waals surface area contributed by atoms with E-state index in [1.54, 1.807) is 42.1 Å². The van der Waals surface area contributed by atoms with E-state index >= 15 is 0 Å². The van der Waals surface area contributed by atoms with Crippen LogP contribution in [0.5, 0.6) is 11.5 Å². The summed E-state index contributed by atoms with van der Waals surface area (Å²) in [6, 6.07) is 5.29. The zero-order valence-corrected chi connectivity index (χ0v) is 23.9. The van der Waals surface area contributed by atoms with Crippen molar-refractivity contribution in [2.75, 3.05) is 25.5 Å². The van der Waals surface area contributed by atoms with Gasteiger partial charge in [0.1, 0.15) is 34.6 Å². The average Bonchev–Trinajstić information content (AvgIpc) is 3.33. The summed E-state index contributed by atoms with van der Waals surface area (Å²) in [6.07, 6.45) is 4.29. The van der Waals surface area contributed by atoms with Crippen LogP contribution >= 0.6 is 0 Å². The zero-order chi connectivity index (χ0) is 28.2. The third kappa shape index (κ3) is 6.31. The molecule has 1 aliphatic heterocycles. The van der Waals surface area contributed by atoms with Gasteiger partial charge in [0.25, 0.3) is 0 Å². The summed E-state index contributed by atoms with van der Waals surface area (Å²) in [4.78, 5) is 8.68. The van der Waals surface area contributed by atoms with Crippen LogP contribution < -0.4 is 14.2 Å². The largest absolute Gasteiger partial charge is 0.494 e. The van der Waals surface area contributed by atoms with Gasteiger partial charge in [0.05, 0.1) is 20.3 Å². The smallest absolute Gasteiger partial charge is 0.243 e. The summed E-state index contributed by atoms with van der Waals surface area (Å²) in [5.74, 6) is 1.60. The first-order valence-electron chi connectivity index (χ1n) is 12.9. The number of anilines is 1. The number of aryl methyl sites for hydroxylation is 1. The zero-order valence-electron chi connectivity index (χ0n) is 23.1. The number of rotatable bonds is 11. The van der Waals surface area contributed by atoms with E-state index in [-0.39, 0.29) is 24.0 Å². The van der Waals surface area contributed by atoms with Gasteiger partial charge in [-0.1, -0.05) is 6.07 Å². The monoisotopic (exact) mass is 560 g/mol. The summed E-state index contributed by atoms with van der Waals surface area (Å²) in [5, 5.41) is 7.53. The quantitative estimate of drug-likeness (QED) is 0.367. The van der Waals surface area contributed by atoms with Gasteiger partial charge < -0.3 is 18.9 Å². The molecular weight excluding hydrogens is 524 g/mol. The van der Waals surface area contributed by atoms with E-state index in [0.717, 1.165) is 18.4 Å². The molecule has 1 fully saturated rings. The first-order valence-corrected chi connectivity index (χ1v) is 14.4. The molecule has 0 radical (unpaired) electrons. The lowest BCUT2D eigenvalue weighted by molar-refractivity contribution is 0.00151. The molecule has 12 nitrogen and oxygen atoms in total. The van der Waals surface area contributed by atoms with Crippen molar-refractivity contribution in [3.05, 3.63) is 47.8 Å². The second-order valence-electron chi connectivity index (χ2n) is 9.66. The number of aromatic nitrogens is 5. The maximum Gasteiger partial charge on any atom is 0.243 e. The van der Waals surface area contributed by atoms with Crippen LogP contribution in [-0.4, -0.2) is 65.3 Å². The third-order valence-corrected chi connectivity index (χ3v) is 8.10. The number of sulfonamides is 1. The van der Waals surface area contributed by atoms with Crippen molar-refractivity contribution in [3.8, 4) is 17.2 Å². The highest BCUT2D eigenvalue weighted by molar-refractivity contribution is 7.93. The average molecular weight is 561 g/mol. The highest BCUT2D eigenvalue weighted by Crippen LogP contribution is 2.39. The van der Waals surface area contributed by atoms with Gasteiger partial charge in [-0.25, -0.2) is 18.4 Å². The molecule has 0 unspecified atom stereocenters. The minimum absolute atomic E-state index is 0.0260. The Labute approximate surface area is 229 Å². The van der Waals surface area contributed by atoms with Crippen molar-refractivity contribution in [1.29, 1.82) is 0 Å². The van der Waals surface area contributed by atoms with Crippen molar-refractivity contribution in [1.82, 2.24) is 24.7 Å². The van der Waals surface area contributed by atoms with E-state index in [1.807, 2.05) is 20.8 Å². The Morgan fingerprint density at radius 1 is 1.05 bits per heavy atom. The highest BCUT2D eigenvalue weighted by Gasteiger charge is 2.37. The minimum atomic E-state index is -4.10. The first kappa shape index (κ1) is 28.7. The molecule has 1 aliphatic rings. The maximum atomic E-state index is 13.8. The summed E-state index contributed by atoms with van der Waals surface area (Å²) in [5.41, 5.74) is 1.31. The number of hydrogen-bond acceptors (Lipinski definition) is 10. The van der Waals surface area contributed by atoms with Crippen LogP contribution in [0.25, 0.3) is 5.69 Å². The molecule has 13 heteroatoms. The second kappa shape index (κ2) is 12.3. The van der Waals surface area contributed by atoms with Crippen molar-refractivity contribution in [2.24, 2.45) is 0 Å². The number of hydrogen-bond donors (Lipinski definition) is 1. The number of nitrogens with zero attached hydrogens (tertiary/aromatic N) is 5. The normalized spacial score (nSPS) is 17.6. The van der Waals surface area contributed by atoms with Gasteiger partial charge in [-0.2, -0.15) is 0 Å². The van der Waals surface area contributed by atoms with Gasteiger partial charge in [0.2, 0.25) is 16.0 Å². The van der Waals surface area contributed by atoms with Crippen molar-refractivity contribution in [3.63, 3.8) is 0 Å². The molecule has 0 spiro atoms. The molecule has 1 N–H and O–H groups in total. The molecule has 3 aromatic rings. The predicted octanol–water partition coefficient (Wildman–Crippen LogP) is 3.92. The van der Waals surface area contributed by atoms with Crippen LogP contribution in [0.4, 0.5) is 5.95 Å². The Balaban J connectivity index is 1.79. The predicted molar refractivity (Wildman–Crippen MR) is 145 cm³/mol. The highest BCUT2D eigenvalue weighted by atomic mass is 32.2. The van der Waals surface area contributed by atoms with Crippen LogP contribution in [0, 0.1) is 6.92 Å². The van der Waals surface area contributed by atoms with Crippen molar-refractivity contribution >= 4 is 16.0 Å². The first-order chi connectivity index (χ1) is 18.7. The van der Waals surface area contributed by atoms with E-state index in [1.165, 1.54) is 14.2 Å². The van der Waals surface area contributed by atoms with Gasteiger partial charge in [0, 0.05) is 19.0 Å². The number of nitrogens with one attached hydrogen (secondary N) is 1. The van der Waals surface area contributed by atoms with Gasteiger partial charge in [0.15, 0.2) is 11.6 Å². The lowest BCUT2D eigenvalue weighted by Crippen LogP contribution is -2.35. The van der Waals surface area contributed by atoms with Crippen LogP contribution in [0.3, 0.4) is 0 Å². The van der Waals surface area contributed by atoms with Crippen molar-refractivity contribution in [2.45, 2.75) is 70.5 Å². The number of para-hydroxylation sites is 1. The second-order valence-corrected chi connectivity index (χ2v) is 11.7. The molecule has 2 aromatic heterocycles. The van der Waals surface area contributed by atoms with Gasteiger partial charge in [-0.05, 0) is 64.7 Å². The molecule has 212 valence electrons. The minimum Gasteiger partial charge on any atom is -0.494 e. The van der Waals surface area contributed by atoms with Gasteiger partial charge >= 0.3 is 0 Å². The number of ether oxygens (including phenoxy) is 4. The summed E-state index contributed by atoms with van der Waals surface area (Å²) in [7, 11) is -1.05. The topological polar surface area (TPSA) is 140 Å². The standard InChI is InChI=1S/C26H36N6O6S/c1-16(2)38-23(24-27-14-17(3)15-28-24)18(4)39(33,34)31-26-30-29-25(21-10-7-8-13-37-21)32(26)22-19(35-5)11-9-12-20(22)36-6/h9,11-12,14-16,18,21,23H,7-8,10,13H2,1-6H3,(H,30,31)/t18-,21+,23+/m0/s1. The lowest BCUT2D eigenvalue weighted by atomic mass is 10.1. The Morgan fingerprint density at radius 3 is 2.28 bits per heavy atom. The molecule has 0 aliphatic carbocycles. The molecule has 0 bridgehead atoms. The van der Waals surface area contributed by atoms with E-state index < -0.39 is 21.4 Å². The summed E-state index contributed by atoms with van der Waals surface area (Å²) >= 11 is 0. The summed E-state index contributed by atoms with van der Waals surface area (Å²) < 4.78 is 55.1. The van der Waals surface area contributed by atoms with Crippen LogP contribution in [-0.2, 0) is 19.5 Å². The fourth-order valence-corrected chi connectivity index (χ4v) is 5.48. The van der Waals surface area contributed by atoms with Gasteiger partial charge in [-0.3, -0.25) is 9.29 Å². The fraction of sp³-hybridized carbons (Fsp3) is 0.538. The molecule has 0 saturated carbocycles. The fourth-order valence-electron chi connectivity index (χ4n) is 4.39. The molecule has 39 heavy (non-hydrogen) atoms. The third-order valence-electron chi connectivity index (χ3n) is 6.40. The Kier molecular flexibility index (Phi) is 9.03. The Morgan fingerprint density at radius 2 is 1.72 bits per heavy atom. The number of methoxy groups -OCH3 is 2.